The molecule has 0 radical (unpaired) electrons. The molecule has 0 N–H and O–H groups in total. The van der Waals surface area contributed by atoms with E-state index in [2.05, 4.69) is 4.57 Å². The third-order valence-corrected chi connectivity index (χ3v) is 7.16. The second-order valence-corrected chi connectivity index (χ2v) is 9.80. The van der Waals surface area contributed by atoms with Crippen molar-refractivity contribution >= 4 is 63.1 Å². The summed E-state index contributed by atoms with van der Waals surface area (Å²) in [5.41, 5.74) is 2.79. The van der Waals surface area contributed by atoms with Crippen LogP contribution in [-0.4, -0.2) is 33.8 Å². The molecule has 0 spiro atoms. The Bertz CT molecular complexity index is 1450. The number of para-hydroxylation sites is 2. The summed E-state index contributed by atoms with van der Waals surface area (Å²) in [4.78, 5) is 27.2. The maximum absolute atomic E-state index is 13.0. The minimum absolute atomic E-state index is 0.188. The zero-order chi connectivity index (χ0) is 24.4. The first kappa shape index (κ1) is 23.5. The van der Waals surface area contributed by atoms with Crippen molar-refractivity contribution in [2.75, 3.05) is 13.2 Å². The van der Waals surface area contributed by atoms with Gasteiger partial charge in [0.1, 0.15) is 12.4 Å². The molecule has 176 valence electrons. The first-order valence-electron chi connectivity index (χ1n) is 10.9. The van der Waals surface area contributed by atoms with Crippen LogP contribution in [0.3, 0.4) is 0 Å². The molecule has 1 aliphatic rings. The van der Waals surface area contributed by atoms with Gasteiger partial charge in [0.2, 0.25) is 0 Å². The van der Waals surface area contributed by atoms with Crippen molar-refractivity contribution in [3.63, 3.8) is 0 Å². The lowest BCUT2D eigenvalue weighted by molar-refractivity contribution is -0.123. The average Bonchev–Trinajstić information content (AvgIpc) is 3.33. The molecule has 5 nitrogen and oxygen atoms in total. The summed E-state index contributed by atoms with van der Waals surface area (Å²) >= 11 is 13.4. The fourth-order valence-corrected chi connectivity index (χ4v) is 5.28. The Kier molecular flexibility index (Phi) is 6.86. The normalized spacial score (nSPS) is 14.9. The molecule has 0 bridgehead atoms. The van der Waals surface area contributed by atoms with Gasteiger partial charge in [0.25, 0.3) is 11.1 Å². The fraction of sp³-hybridized carbons (Fsp3) is 0.111. The summed E-state index contributed by atoms with van der Waals surface area (Å²) in [6.07, 6.45) is 3.76. The van der Waals surface area contributed by atoms with Gasteiger partial charge in [-0.05, 0) is 53.7 Å². The van der Waals surface area contributed by atoms with E-state index < -0.39 is 0 Å². The largest absolute Gasteiger partial charge is 0.492 e. The fourth-order valence-electron chi connectivity index (χ4n) is 3.96. The quantitative estimate of drug-likeness (QED) is 0.242. The van der Waals surface area contributed by atoms with Crippen molar-refractivity contribution in [2.24, 2.45) is 0 Å². The molecule has 35 heavy (non-hydrogen) atoms. The first-order valence-corrected chi connectivity index (χ1v) is 12.5. The Balaban J connectivity index is 1.37. The third-order valence-electron chi connectivity index (χ3n) is 5.66. The van der Waals surface area contributed by atoms with Gasteiger partial charge in [-0.25, -0.2) is 0 Å². The zero-order valence-corrected chi connectivity index (χ0v) is 20.8. The summed E-state index contributed by atoms with van der Waals surface area (Å²) in [5.74, 6) is 0.387. The van der Waals surface area contributed by atoms with Gasteiger partial charge in [0, 0.05) is 39.3 Å². The molecular formula is C27H20Cl2N2O3S. The number of halogens is 2. The number of amides is 2. The predicted molar refractivity (Wildman–Crippen MR) is 142 cm³/mol. The Hall–Kier alpha value is -3.19. The van der Waals surface area contributed by atoms with Crippen LogP contribution in [0.2, 0.25) is 10.0 Å². The number of rotatable bonds is 7. The second kappa shape index (κ2) is 10.2. The molecule has 8 heteroatoms. The third kappa shape index (κ3) is 5.10. The molecule has 5 rings (SSSR count). The maximum Gasteiger partial charge on any atom is 0.293 e. The minimum Gasteiger partial charge on any atom is -0.492 e. The number of hydrogen-bond acceptors (Lipinski definition) is 4. The number of carbonyl (C=O) groups excluding carboxylic acids is 2. The van der Waals surface area contributed by atoms with E-state index in [0.29, 0.717) is 27.2 Å². The highest BCUT2D eigenvalue weighted by molar-refractivity contribution is 8.18. The van der Waals surface area contributed by atoms with E-state index in [1.54, 1.807) is 12.1 Å². The summed E-state index contributed by atoms with van der Waals surface area (Å²) in [5, 5.41) is 1.86. The van der Waals surface area contributed by atoms with Gasteiger partial charge in [-0.1, -0.05) is 65.7 Å². The van der Waals surface area contributed by atoms with Crippen LogP contribution in [0.25, 0.3) is 17.0 Å². The number of fused-ring (bicyclic) bond motifs is 1. The van der Waals surface area contributed by atoms with Crippen molar-refractivity contribution < 1.29 is 14.3 Å². The molecule has 0 saturated carbocycles. The van der Waals surface area contributed by atoms with Crippen LogP contribution in [0.15, 0.2) is 83.9 Å². The lowest BCUT2D eigenvalue weighted by Gasteiger charge is -2.13. The van der Waals surface area contributed by atoms with Crippen molar-refractivity contribution in [3.05, 3.63) is 105 Å². The summed E-state index contributed by atoms with van der Waals surface area (Å²) in [6, 6.07) is 22.7. The van der Waals surface area contributed by atoms with E-state index >= 15 is 0 Å². The lowest BCUT2D eigenvalue weighted by atomic mass is 10.1. The van der Waals surface area contributed by atoms with Gasteiger partial charge in [0.05, 0.1) is 11.4 Å². The van der Waals surface area contributed by atoms with E-state index in [0.717, 1.165) is 33.8 Å². The average molecular weight is 523 g/mol. The van der Waals surface area contributed by atoms with Crippen LogP contribution in [-0.2, 0) is 11.3 Å². The van der Waals surface area contributed by atoms with Gasteiger partial charge in [0.15, 0.2) is 0 Å². The Morgan fingerprint density at radius 3 is 2.51 bits per heavy atom. The highest BCUT2D eigenvalue weighted by Gasteiger charge is 2.35. The molecule has 3 aromatic carbocycles. The predicted octanol–water partition coefficient (Wildman–Crippen LogP) is 7.11. The van der Waals surface area contributed by atoms with Crippen LogP contribution in [0.1, 0.15) is 11.1 Å². The van der Waals surface area contributed by atoms with Gasteiger partial charge in [-0.3, -0.25) is 14.5 Å². The SMILES string of the molecule is O=C1S/C(=C\c2cn(Cc3ccc(Cl)cc3Cl)c3ccccc23)C(=O)N1CCOc1ccccc1. The van der Waals surface area contributed by atoms with Crippen LogP contribution < -0.4 is 4.74 Å². The highest BCUT2D eigenvalue weighted by atomic mass is 35.5. The van der Waals surface area contributed by atoms with Crippen LogP contribution in [0, 0.1) is 0 Å². The van der Waals surface area contributed by atoms with E-state index in [4.69, 9.17) is 27.9 Å². The smallest absolute Gasteiger partial charge is 0.293 e. The lowest BCUT2D eigenvalue weighted by Crippen LogP contribution is -2.32. The van der Waals surface area contributed by atoms with Crippen molar-refractivity contribution in [2.45, 2.75) is 6.54 Å². The number of imide groups is 1. The highest BCUT2D eigenvalue weighted by Crippen LogP contribution is 2.34. The van der Waals surface area contributed by atoms with Gasteiger partial charge in [-0.2, -0.15) is 0 Å². The minimum atomic E-state index is -0.311. The van der Waals surface area contributed by atoms with Crippen molar-refractivity contribution in [3.8, 4) is 5.75 Å². The number of aromatic nitrogens is 1. The first-order chi connectivity index (χ1) is 17.0. The standard InChI is InChI=1S/C27H20Cl2N2O3S/c28-20-11-10-18(23(29)15-20)16-30-17-19(22-8-4-5-9-24(22)30)14-25-26(32)31(27(33)35-25)12-13-34-21-6-2-1-3-7-21/h1-11,14-15,17H,12-13,16H2/b25-14-. The number of ether oxygens (including phenoxy) is 1. The molecular weight excluding hydrogens is 503 g/mol. The molecule has 0 aliphatic carbocycles. The Morgan fingerprint density at radius 2 is 1.71 bits per heavy atom. The molecule has 2 amide bonds. The Morgan fingerprint density at radius 1 is 0.943 bits per heavy atom. The Labute approximate surface area is 216 Å². The molecule has 1 aromatic heterocycles. The van der Waals surface area contributed by atoms with Gasteiger partial charge in [-0.15, -0.1) is 0 Å². The van der Waals surface area contributed by atoms with Gasteiger partial charge >= 0.3 is 0 Å². The van der Waals surface area contributed by atoms with Crippen molar-refractivity contribution in [1.29, 1.82) is 0 Å². The number of benzene rings is 3. The molecule has 0 atom stereocenters. The summed E-state index contributed by atoms with van der Waals surface area (Å²) in [7, 11) is 0. The van der Waals surface area contributed by atoms with Crippen LogP contribution in [0.4, 0.5) is 4.79 Å². The number of nitrogens with zero attached hydrogens (tertiary/aromatic N) is 2. The monoisotopic (exact) mass is 522 g/mol. The number of carbonyl (C=O) groups is 2. The second-order valence-electron chi connectivity index (χ2n) is 7.96. The summed E-state index contributed by atoms with van der Waals surface area (Å²) in [6.45, 7) is 0.965. The maximum atomic E-state index is 13.0. The van der Waals surface area contributed by atoms with E-state index in [1.807, 2.05) is 72.9 Å². The van der Waals surface area contributed by atoms with E-state index in [9.17, 15) is 9.59 Å². The summed E-state index contributed by atoms with van der Waals surface area (Å²) < 4.78 is 7.73. The molecule has 1 aliphatic heterocycles. The molecule has 4 aromatic rings. The van der Waals surface area contributed by atoms with E-state index in [1.165, 1.54) is 4.90 Å². The molecule has 2 heterocycles. The molecule has 0 unspecified atom stereocenters. The van der Waals surface area contributed by atoms with Crippen LogP contribution in [0.5, 0.6) is 5.75 Å². The molecule has 1 fully saturated rings. The van der Waals surface area contributed by atoms with E-state index in [-0.39, 0.29) is 24.3 Å². The van der Waals surface area contributed by atoms with Gasteiger partial charge < -0.3 is 9.30 Å². The topological polar surface area (TPSA) is 51.5 Å². The number of hydrogen-bond donors (Lipinski definition) is 0. The molecule has 1 saturated heterocycles. The van der Waals surface area contributed by atoms with Crippen LogP contribution >= 0.6 is 35.0 Å². The number of thioether (sulfide) groups is 1. The van der Waals surface area contributed by atoms with Crippen molar-refractivity contribution in [1.82, 2.24) is 9.47 Å². The zero-order valence-electron chi connectivity index (χ0n) is 18.5.